The van der Waals surface area contributed by atoms with Crippen LogP contribution in [0, 0.1) is 0 Å². The first-order chi connectivity index (χ1) is 6.59. The zero-order chi connectivity index (χ0) is 10.3. The largest absolute Gasteiger partial charge is 0.391 e. The van der Waals surface area contributed by atoms with E-state index in [9.17, 15) is 8.78 Å². The second-order valence-electron chi connectivity index (χ2n) is 2.82. The summed E-state index contributed by atoms with van der Waals surface area (Å²) in [5, 5.41) is 1.06. The van der Waals surface area contributed by atoms with E-state index in [-0.39, 0.29) is 10.6 Å². The van der Waals surface area contributed by atoms with Crippen LogP contribution in [0.2, 0.25) is 5.02 Å². The van der Waals surface area contributed by atoms with Crippen LogP contribution in [0.5, 0.6) is 0 Å². The molecule has 1 aromatic heterocycles. The second kappa shape index (κ2) is 3.37. The third-order valence-electron chi connectivity index (χ3n) is 1.93. The van der Waals surface area contributed by atoms with Gasteiger partial charge in [0.25, 0.3) is 6.43 Å². The summed E-state index contributed by atoms with van der Waals surface area (Å²) in [7, 11) is 0. The van der Waals surface area contributed by atoms with Gasteiger partial charge in [0, 0.05) is 15.6 Å². The highest BCUT2D eigenvalue weighted by Crippen LogP contribution is 2.38. The molecule has 1 aromatic carbocycles. The number of fused-ring (bicyclic) bond motifs is 1. The first kappa shape index (κ1) is 9.68. The van der Waals surface area contributed by atoms with Crippen molar-refractivity contribution in [2.24, 2.45) is 0 Å². The molecule has 0 bridgehead atoms. The van der Waals surface area contributed by atoms with Crippen molar-refractivity contribution in [1.82, 2.24) is 0 Å². The molecule has 0 unspecified atom stereocenters. The minimum atomic E-state index is -2.57. The fraction of sp³-hybridized carbons (Fsp3) is 0.111. The van der Waals surface area contributed by atoms with Crippen LogP contribution < -0.4 is 5.73 Å². The number of hydrogen-bond donors (Lipinski definition) is 1. The van der Waals surface area contributed by atoms with Gasteiger partial charge >= 0.3 is 0 Å². The minimum Gasteiger partial charge on any atom is -0.391 e. The topological polar surface area (TPSA) is 26.0 Å². The zero-order valence-corrected chi connectivity index (χ0v) is 8.50. The molecule has 0 spiro atoms. The Bertz CT molecular complexity index is 481. The molecule has 0 aliphatic rings. The molecule has 2 aromatic rings. The van der Waals surface area contributed by atoms with Gasteiger partial charge in [-0.25, -0.2) is 8.78 Å². The molecule has 1 heterocycles. The van der Waals surface area contributed by atoms with Gasteiger partial charge in [0.1, 0.15) is 0 Å². The molecule has 0 fully saturated rings. The summed E-state index contributed by atoms with van der Waals surface area (Å²) in [4.78, 5) is 0. The van der Waals surface area contributed by atoms with Gasteiger partial charge < -0.3 is 5.73 Å². The number of anilines is 1. The van der Waals surface area contributed by atoms with E-state index in [2.05, 4.69) is 0 Å². The maximum Gasteiger partial charge on any atom is 0.265 e. The van der Waals surface area contributed by atoms with Gasteiger partial charge in [-0.3, -0.25) is 0 Å². The fourth-order valence-corrected chi connectivity index (χ4v) is 2.44. The van der Waals surface area contributed by atoms with Crippen molar-refractivity contribution in [3.05, 3.63) is 28.8 Å². The van der Waals surface area contributed by atoms with E-state index in [1.807, 2.05) is 0 Å². The number of nitrogen functional groups attached to an aromatic ring is 1. The van der Waals surface area contributed by atoms with Crippen LogP contribution in [-0.4, -0.2) is 0 Å². The molecule has 0 saturated heterocycles. The van der Waals surface area contributed by atoms with Crippen LogP contribution in [0.1, 0.15) is 12.0 Å². The summed E-state index contributed by atoms with van der Waals surface area (Å²) < 4.78 is 26.0. The Labute approximate surface area is 88.1 Å². The van der Waals surface area contributed by atoms with Crippen molar-refractivity contribution in [3.63, 3.8) is 0 Å². The normalized spacial score (nSPS) is 11.4. The Balaban J connectivity index is 2.82. The van der Waals surface area contributed by atoms with Crippen LogP contribution in [0.15, 0.2) is 18.2 Å². The first-order valence-electron chi connectivity index (χ1n) is 3.85. The van der Waals surface area contributed by atoms with Gasteiger partial charge in [-0.2, -0.15) is 0 Å². The predicted molar refractivity (Wildman–Crippen MR) is 56.2 cm³/mol. The highest BCUT2D eigenvalue weighted by atomic mass is 35.5. The van der Waals surface area contributed by atoms with Gasteiger partial charge in [0.05, 0.1) is 10.0 Å². The van der Waals surface area contributed by atoms with Crippen LogP contribution in [-0.2, 0) is 0 Å². The van der Waals surface area contributed by atoms with Crippen molar-refractivity contribution in [2.75, 3.05) is 5.73 Å². The summed E-state index contributed by atoms with van der Waals surface area (Å²) >= 11 is 6.97. The van der Waals surface area contributed by atoms with E-state index >= 15 is 0 Å². The van der Waals surface area contributed by atoms with E-state index in [0.29, 0.717) is 10.4 Å². The molecule has 0 amide bonds. The van der Waals surface area contributed by atoms with E-state index < -0.39 is 6.43 Å². The van der Waals surface area contributed by atoms with Crippen LogP contribution in [0.25, 0.3) is 10.1 Å². The Hall–Kier alpha value is -0.870. The van der Waals surface area contributed by atoms with E-state index in [1.54, 1.807) is 6.07 Å². The van der Waals surface area contributed by atoms with Crippen molar-refractivity contribution in [2.45, 2.75) is 6.43 Å². The van der Waals surface area contributed by atoms with Crippen molar-refractivity contribution < 1.29 is 8.78 Å². The molecule has 0 atom stereocenters. The van der Waals surface area contributed by atoms with Crippen molar-refractivity contribution in [1.29, 1.82) is 0 Å². The Morgan fingerprint density at radius 3 is 2.71 bits per heavy atom. The quantitative estimate of drug-likeness (QED) is 0.789. The molecule has 0 saturated carbocycles. The third kappa shape index (κ3) is 1.44. The summed E-state index contributed by atoms with van der Waals surface area (Å²) in [6.07, 6.45) is -2.57. The molecule has 14 heavy (non-hydrogen) atoms. The number of alkyl halides is 2. The van der Waals surface area contributed by atoms with E-state index in [1.165, 1.54) is 23.5 Å². The summed E-state index contributed by atoms with van der Waals surface area (Å²) in [6, 6.07) is 4.71. The highest BCUT2D eigenvalue weighted by Gasteiger charge is 2.17. The lowest BCUT2D eigenvalue weighted by molar-refractivity contribution is 0.153. The average Bonchev–Trinajstić information content (AvgIpc) is 2.43. The number of rotatable bonds is 1. The maximum absolute atomic E-state index is 12.6. The molecule has 0 aliphatic heterocycles. The third-order valence-corrected chi connectivity index (χ3v) is 3.19. The highest BCUT2D eigenvalue weighted by molar-refractivity contribution is 7.22. The van der Waals surface area contributed by atoms with Crippen molar-refractivity contribution >= 4 is 38.0 Å². The summed E-state index contributed by atoms with van der Waals surface area (Å²) in [6.45, 7) is 0. The predicted octanol–water partition coefficient (Wildman–Crippen LogP) is 4.07. The molecule has 5 heteroatoms. The van der Waals surface area contributed by atoms with Crippen LogP contribution in [0.3, 0.4) is 0 Å². The van der Waals surface area contributed by atoms with E-state index in [4.69, 9.17) is 17.3 Å². The molecular formula is C9H6ClF2NS. The maximum atomic E-state index is 12.6. The van der Waals surface area contributed by atoms with Crippen molar-refractivity contribution in [3.8, 4) is 0 Å². The van der Waals surface area contributed by atoms with Crippen LogP contribution >= 0.6 is 22.9 Å². The summed E-state index contributed by atoms with van der Waals surface area (Å²) in [5.41, 5.74) is 5.41. The number of thiophene rings is 1. The Kier molecular flexibility index (Phi) is 2.33. The van der Waals surface area contributed by atoms with Crippen LogP contribution in [0.4, 0.5) is 13.8 Å². The first-order valence-corrected chi connectivity index (χ1v) is 5.04. The summed E-state index contributed by atoms with van der Waals surface area (Å²) in [5.74, 6) is 0. The molecule has 2 rings (SSSR count). The van der Waals surface area contributed by atoms with Gasteiger partial charge in [-0.15, -0.1) is 11.3 Å². The monoisotopic (exact) mass is 233 g/mol. The minimum absolute atomic E-state index is 0.0882. The molecule has 0 radical (unpaired) electrons. The standard InChI is InChI=1S/C9H6ClF2NS/c10-5-1-2-6-4(3-7(13)14-6)8(5)9(11)12/h1-3,9H,13H2. The van der Waals surface area contributed by atoms with Gasteiger partial charge in [-0.05, 0) is 18.2 Å². The Morgan fingerprint density at radius 2 is 2.07 bits per heavy atom. The Morgan fingerprint density at radius 1 is 1.36 bits per heavy atom. The lowest BCUT2D eigenvalue weighted by Crippen LogP contribution is -1.86. The number of benzene rings is 1. The van der Waals surface area contributed by atoms with Gasteiger partial charge in [0.2, 0.25) is 0 Å². The average molecular weight is 234 g/mol. The number of halogens is 3. The fourth-order valence-electron chi connectivity index (χ4n) is 1.35. The molecule has 1 nitrogen and oxygen atoms in total. The van der Waals surface area contributed by atoms with Gasteiger partial charge in [-0.1, -0.05) is 11.6 Å². The molecule has 74 valence electrons. The van der Waals surface area contributed by atoms with Gasteiger partial charge in [0.15, 0.2) is 0 Å². The molecule has 0 aliphatic carbocycles. The lowest BCUT2D eigenvalue weighted by Gasteiger charge is -2.03. The second-order valence-corrected chi connectivity index (χ2v) is 4.34. The molecule has 2 N–H and O–H groups in total. The van der Waals surface area contributed by atoms with E-state index in [0.717, 1.165) is 4.70 Å². The SMILES string of the molecule is Nc1cc2c(C(F)F)c(Cl)ccc2s1. The zero-order valence-electron chi connectivity index (χ0n) is 6.93. The number of hydrogen-bond acceptors (Lipinski definition) is 2. The lowest BCUT2D eigenvalue weighted by atomic mass is 10.1. The number of nitrogens with two attached hydrogens (primary N) is 1. The smallest absolute Gasteiger partial charge is 0.265 e. The molecular weight excluding hydrogens is 228 g/mol.